The fourth-order valence-electron chi connectivity index (χ4n) is 1.90. The molecule has 1 saturated heterocycles. The van der Waals surface area contributed by atoms with E-state index in [4.69, 9.17) is 14.5 Å². The van der Waals surface area contributed by atoms with Crippen LogP contribution in [0.15, 0.2) is 5.11 Å². The Morgan fingerprint density at radius 2 is 2.05 bits per heavy atom. The second-order valence-corrected chi connectivity index (χ2v) is 7.55. The van der Waals surface area contributed by atoms with E-state index in [0.717, 1.165) is 6.26 Å². The molecular formula is C11H20N4O5S. The van der Waals surface area contributed by atoms with Crippen molar-refractivity contribution in [2.75, 3.05) is 26.0 Å². The van der Waals surface area contributed by atoms with Crippen molar-refractivity contribution < 1.29 is 22.1 Å². The van der Waals surface area contributed by atoms with Gasteiger partial charge in [0.2, 0.25) is 0 Å². The second-order valence-electron chi connectivity index (χ2n) is 5.91. The molecule has 120 valence electrons. The van der Waals surface area contributed by atoms with Gasteiger partial charge in [0, 0.05) is 23.9 Å². The lowest BCUT2D eigenvalue weighted by Crippen LogP contribution is -2.35. The van der Waals surface area contributed by atoms with Gasteiger partial charge in [0.15, 0.2) is 0 Å². The van der Waals surface area contributed by atoms with Crippen LogP contribution in [0.3, 0.4) is 0 Å². The van der Waals surface area contributed by atoms with E-state index in [1.165, 1.54) is 4.90 Å². The summed E-state index contributed by atoms with van der Waals surface area (Å²) < 4.78 is 32.0. The highest BCUT2D eigenvalue weighted by atomic mass is 32.2. The van der Waals surface area contributed by atoms with Crippen molar-refractivity contribution in [3.8, 4) is 0 Å². The predicted molar refractivity (Wildman–Crippen MR) is 75.0 cm³/mol. The van der Waals surface area contributed by atoms with Crippen LogP contribution in [0.1, 0.15) is 20.8 Å². The molecule has 2 atom stereocenters. The van der Waals surface area contributed by atoms with E-state index < -0.39 is 27.9 Å². The highest BCUT2D eigenvalue weighted by Crippen LogP contribution is 2.23. The minimum absolute atomic E-state index is 0.137. The third kappa shape index (κ3) is 6.19. The Hall–Kier alpha value is -1.51. The first kappa shape index (κ1) is 17.5. The lowest BCUT2D eigenvalue weighted by molar-refractivity contribution is 0.0284. The van der Waals surface area contributed by atoms with E-state index in [0.29, 0.717) is 0 Å². The van der Waals surface area contributed by atoms with Gasteiger partial charge in [0.25, 0.3) is 10.1 Å². The standard InChI is InChI=1S/C11H20N4O5S/c1-11(2,3)20-10(16)15-5-8(7-19-21(4,17)18)9(6-15)13-14-12/h8-9H,5-7H2,1-4H3/t8-,9-/m0/s1. The molecule has 0 N–H and O–H groups in total. The number of rotatable bonds is 4. The normalized spacial score (nSPS) is 22.8. The van der Waals surface area contributed by atoms with Crippen molar-refractivity contribution in [1.29, 1.82) is 0 Å². The van der Waals surface area contributed by atoms with Crippen molar-refractivity contribution in [3.05, 3.63) is 10.4 Å². The molecule has 1 fully saturated rings. The summed E-state index contributed by atoms with van der Waals surface area (Å²) in [6.45, 7) is 5.50. The monoisotopic (exact) mass is 320 g/mol. The van der Waals surface area contributed by atoms with Crippen molar-refractivity contribution in [3.63, 3.8) is 0 Å². The zero-order valence-electron chi connectivity index (χ0n) is 12.5. The molecule has 9 nitrogen and oxygen atoms in total. The van der Waals surface area contributed by atoms with Crippen molar-refractivity contribution >= 4 is 16.2 Å². The zero-order chi connectivity index (χ0) is 16.3. The summed E-state index contributed by atoms with van der Waals surface area (Å²) in [5.74, 6) is -0.386. The number of hydrogen-bond acceptors (Lipinski definition) is 6. The van der Waals surface area contributed by atoms with Gasteiger partial charge >= 0.3 is 6.09 Å². The average Bonchev–Trinajstić information content (AvgIpc) is 2.67. The number of hydrogen-bond donors (Lipinski definition) is 0. The number of amides is 1. The van der Waals surface area contributed by atoms with Crippen LogP contribution in [0, 0.1) is 5.92 Å². The summed E-state index contributed by atoms with van der Waals surface area (Å²) >= 11 is 0. The van der Waals surface area contributed by atoms with E-state index in [1.807, 2.05) is 0 Å². The number of likely N-dealkylation sites (tertiary alicyclic amines) is 1. The molecule has 1 heterocycles. The van der Waals surface area contributed by atoms with E-state index in [-0.39, 0.29) is 25.6 Å². The Kier molecular flexibility index (Phi) is 5.43. The summed E-state index contributed by atoms with van der Waals surface area (Å²) in [6, 6.07) is -0.538. The van der Waals surface area contributed by atoms with Gasteiger partial charge in [0.05, 0.1) is 18.9 Å². The van der Waals surface area contributed by atoms with E-state index in [2.05, 4.69) is 10.0 Å². The quantitative estimate of drug-likeness (QED) is 0.336. The molecule has 0 spiro atoms. The van der Waals surface area contributed by atoms with Crippen LogP contribution in [0.5, 0.6) is 0 Å². The van der Waals surface area contributed by atoms with Crippen molar-refractivity contribution in [2.45, 2.75) is 32.4 Å². The number of azide groups is 1. The van der Waals surface area contributed by atoms with Gasteiger partial charge in [-0.3, -0.25) is 4.18 Å². The number of carbonyl (C=O) groups is 1. The maximum Gasteiger partial charge on any atom is 0.410 e. The lowest BCUT2D eigenvalue weighted by atomic mass is 10.1. The number of carbonyl (C=O) groups excluding carboxylic acids is 1. The minimum Gasteiger partial charge on any atom is -0.444 e. The number of ether oxygens (including phenoxy) is 1. The van der Waals surface area contributed by atoms with Crippen molar-refractivity contribution in [2.24, 2.45) is 11.0 Å². The summed E-state index contributed by atoms with van der Waals surface area (Å²) in [7, 11) is -3.59. The van der Waals surface area contributed by atoms with Gasteiger partial charge in [0.1, 0.15) is 5.60 Å². The predicted octanol–water partition coefficient (Wildman–Crippen LogP) is 1.51. The topological polar surface area (TPSA) is 122 Å². The first-order valence-electron chi connectivity index (χ1n) is 6.38. The molecule has 0 aromatic heterocycles. The van der Waals surface area contributed by atoms with Crippen LogP contribution in [0.2, 0.25) is 0 Å². The van der Waals surface area contributed by atoms with E-state index in [1.54, 1.807) is 20.8 Å². The third-order valence-electron chi connectivity index (χ3n) is 2.75. The molecular weight excluding hydrogens is 300 g/mol. The highest BCUT2D eigenvalue weighted by Gasteiger charge is 2.37. The molecule has 0 radical (unpaired) electrons. The minimum atomic E-state index is -3.59. The second kappa shape index (κ2) is 6.50. The molecule has 0 unspecified atom stereocenters. The number of nitrogens with zero attached hydrogens (tertiary/aromatic N) is 4. The van der Waals surface area contributed by atoms with Gasteiger partial charge < -0.3 is 9.64 Å². The molecule has 0 aliphatic carbocycles. The molecule has 21 heavy (non-hydrogen) atoms. The Morgan fingerprint density at radius 3 is 2.52 bits per heavy atom. The summed E-state index contributed by atoms with van der Waals surface area (Å²) in [6.07, 6.45) is 0.415. The first-order valence-corrected chi connectivity index (χ1v) is 8.20. The van der Waals surface area contributed by atoms with Gasteiger partial charge in [-0.2, -0.15) is 8.42 Å². The van der Waals surface area contributed by atoms with E-state index >= 15 is 0 Å². The van der Waals surface area contributed by atoms with Crippen LogP contribution >= 0.6 is 0 Å². The largest absolute Gasteiger partial charge is 0.444 e. The van der Waals surface area contributed by atoms with Crippen LogP contribution in [-0.4, -0.2) is 57.0 Å². The Morgan fingerprint density at radius 1 is 1.43 bits per heavy atom. The molecule has 10 heteroatoms. The lowest BCUT2D eigenvalue weighted by Gasteiger charge is -2.24. The summed E-state index contributed by atoms with van der Waals surface area (Å²) in [5, 5.41) is 3.59. The smallest absolute Gasteiger partial charge is 0.410 e. The molecule has 0 saturated carbocycles. The van der Waals surface area contributed by atoms with Crippen LogP contribution in [0.4, 0.5) is 4.79 Å². The van der Waals surface area contributed by atoms with Crippen molar-refractivity contribution in [1.82, 2.24) is 4.90 Å². The summed E-state index contributed by atoms with van der Waals surface area (Å²) in [5.41, 5.74) is 7.92. The summed E-state index contributed by atoms with van der Waals surface area (Å²) in [4.78, 5) is 16.1. The first-order chi connectivity index (χ1) is 9.52. The third-order valence-corrected chi connectivity index (χ3v) is 3.32. The van der Waals surface area contributed by atoms with Crippen LogP contribution < -0.4 is 0 Å². The maximum atomic E-state index is 12.0. The maximum absolute atomic E-state index is 12.0. The Bertz CT molecular complexity index is 535. The fourth-order valence-corrected chi connectivity index (χ4v) is 2.32. The molecule has 1 aliphatic heterocycles. The highest BCUT2D eigenvalue weighted by molar-refractivity contribution is 7.85. The van der Waals surface area contributed by atoms with Gasteiger partial charge in [-0.25, -0.2) is 4.79 Å². The van der Waals surface area contributed by atoms with Gasteiger partial charge in [-0.1, -0.05) is 5.11 Å². The molecule has 1 amide bonds. The van der Waals surface area contributed by atoms with E-state index in [9.17, 15) is 13.2 Å². The van der Waals surface area contributed by atoms with Crippen LogP contribution in [-0.2, 0) is 19.0 Å². The fraction of sp³-hybridized carbons (Fsp3) is 0.909. The molecule has 1 aliphatic rings. The average molecular weight is 320 g/mol. The zero-order valence-corrected chi connectivity index (χ0v) is 13.3. The Labute approximate surface area is 123 Å². The van der Waals surface area contributed by atoms with Gasteiger partial charge in [-0.05, 0) is 26.3 Å². The van der Waals surface area contributed by atoms with Crippen LogP contribution in [0.25, 0.3) is 10.4 Å². The molecule has 0 aromatic carbocycles. The molecule has 0 aromatic rings. The molecule has 1 rings (SSSR count). The van der Waals surface area contributed by atoms with Gasteiger partial charge in [-0.15, -0.1) is 0 Å². The molecule has 0 bridgehead atoms. The Balaban J connectivity index is 2.72. The SMILES string of the molecule is CC(C)(C)OC(=O)N1C[C@@H](COS(C)(=O)=O)[C@@H](N=[N+]=[N-])C1.